The summed E-state index contributed by atoms with van der Waals surface area (Å²) in [5, 5.41) is 10.5. The standard InChI is InChI=1S/C12H9FO3S/c1-16-10-3-2-7(4-9(10)13)8-5-11(12(14)15)17-6-8/h2-6H,1H3,(H,14,15). The van der Waals surface area contributed by atoms with E-state index in [9.17, 15) is 9.18 Å². The number of carboxylic acids is 1. The minimum absolute atomic E-state index is 0.169. The number of benzene rings is 1. The van der Waals surface area contributed by atoms with E-state index in [2.05, 4.69) is 0 Å². The number of methoxy groups -OCH3 is 1. The molecule has 0 radical (unpaired) electrons. The van der Waals surface area contributed by atoms with Crippen LogP contribution in [-0.4, -0.2) is 18.2 Å². The number of carboxylic acid groups (broad SMARTS) is 1. The van der Waals surface area contributed by atoms with Gasteiger partial charge in [0.25, 0.3) is 0 Å². The van der Waals surface area contributed by atoms with Crippen LogP contribution in [-0.2, 0) is 0 Å². The molecule has 1 aromatic heterocycles. The summed E-state index contributed by atoms with van der Waals surface area (Å²) in [6, 6.07) is 6.05. The van der Waals surface area contributed by atoms with Gasteiger partial charge in [-0.15, -0.1) is 11.3 Å². The third-order valence-corrected chi connectivity index (χ3v) is 3.21. The molecule has 0 fully saturated rings. The molecule has 0 unspecified atom stereocenters. The summed E-state index contributed by atoms with van der Waals surface area (Å²) < 4.78 is 18.3. The van der Waals surface area contributed by atoms with Crippen molar-refractivity contribution in [1.82, 2.24) is 0 Å². The first kappa shape index (κ1) is 11.6. The minimum atomic E-state index is -0.977. The number of hydrogen-bond donors (Lipinski definition) is 1. The van der Waals surface area contributed by atoms with Crippen molar-refractivity contribution < 1.29 is 19.0 Å². The average Bonchev–Trinajstić information content (AvgIpc) is 2.78. The topological polar surface area (TPSA) is 46.5 Å². The lowest BCUT2D eigenvalue weighted by molar-refractivity contribution is 0.0702. The lowest BCUT2D eigenvalue weighted by Gasteiger charge is -2.03. The first-order valence-corrected chi connectivity index (χ1v) is 5.65. The van der Waals surface area contributed by atoms with Gasteiger partial charge in [0.15, 0.2) is 11.6 Å². The molecule has 0 bridgehead atoms. The van der Waals surface area contributed by atoms with Gasteiger partial charge in [-0.3, -0.25) is 0 Å². The third-order valence-electron chi connectivity index (χ3n) is 2.30. The monoisotopic (exact) mass is 252 g/mol. The Balaban J connectivity index is 2.39. The maximum Gasteiger partial charge on any atom is 0.345 e. The Morgan fingerprint density at radius 3 is 2.65 bits per heavy atom. The molecule has 0 saturated carbocycles. The first-order valence-electron chi connectivity index (χ1n) is 4.77. The summed E-state index contributed by atoms with van der Waals surface area (Å²) in [5.41, 5.74) is 1.32. The largest absolute Gasteiger partial charge is 0.494 e. The lowest BCUT2D eigenvalue weighted by atomic mass is 10.1. The summed E-state index contributed by atoms with van der Waals surface area (Å²) in [7, 11) is 1.39. The minimum Gasteiger partial charge on any atom is -0.494 e. The zero-order valence-corrected chi connectivity index (χ0v) is 9.75. The molecule has 1 N–H and O–H groups in total. The zero-order valence-electron chi connectivity index (χ0n) is 8.94. The van der Waals surface area contributed by atoms with Crippen LogP contribution in [0.2, 0.25) is 0 Å². The molecule has 17 heavy (non-hydrogen) atoms. The van der Waals surface area contributed by atoms with Gasteiger partial charge < -0.3 is 9.84 Å². The lowest BCUT2D eigenvalue weighted by Crippen LogP contribution is -1.90. The van der Waals surface area contributed by atoms with Crippen LogP contribution in [0.3, 0.4) is 0 Å². The van der Waals surface area contributed by atoms with Gasteiger partial charge in [0.2, 0.25) is 0 Å². The predicted molar refractivity (Wildman–Crippen MR) is 63.2 cm³/mol. The fraction of sp³-hybridized carbons (Fsp3) is 0.0833. The molecule has 0 amide bonds. The van der Waals surface area contributed by atoms with Gasteiger partial charge in [-0.05, 0) is 34.7 Å². The molecule has 0 aliphatic heterocycles. The zero-order chi connectivity index (χ0) is 12.4. The number of halogens is 1. The SMILES string of the molecule is COc1ccc(-c2csc(C(=O)O)c2)cc1F. The molecular formula is C12H9FO3S. The van der Waals surface area contributed by atoms with Gasteiger partial charge in [-0.25, -0.2) is 9.18 Å². The summed E-state index contributed by atoms with van der Waals surface area (Å²) >= 11 is 1.12. The Hall–Kier alpha value is -1.88. The van der Waals surface area contributed by atoms with Crippen molar-refractivity contribution in [2.24, 2.45) is 0 Å². The smallest absolute Gasteiger partial charge is 0.345 e. The number of carbonyl (C=O) groups is 1. The van der Waals surface area contributed by atoms with E-state index in [0.29, 0.717) is 11.1 Å². The second kappa shape index (κ2) is 4.55. The summed E-state index contributed by atoms with van der Waals surface area (Å²) in [4.78, 5) is 11.0. The summed E-state index contributed by atoms with van der Waals surface area (Å²) in [5.74, 6) is -1.27. The second-order valence-electron chi connectivity index (χ2n) is 3.35. The highest BCUT2D eigenvalue weighted by molar-refractivity contribution is 7.12. The molecule has 2 rings (SSSR count). The molecule has 0 saturated heterocycles. The van der Waals surface area contributed by atoms with Gasteiger partial charge in [0.1, 0.15) is 4.88 Å². The Labute approximate surface area is 101 Å². The van der Waals surface area contributed by atoms with E-state index >= 15 is 0 Å². The first-order chi connectivity index (χ1) is 8.11. The van der Waals surface area contributed by atoms with Crippen LogP contribution >= 0.6 is 11.3 Å². The molecule has 88 valence electrons. The average molecular weight is 252 g/mol. The van der Waals surface area contributed by atoms with E-state index in [4.69, 9.17) is 9.84 Å². The van der Waals surface area contributed by atoms with Crippen LogP contribution in [0, 0.1) is 5.82 Å². The van der Waals surface area contributed by atoms with Crippen molar-refractivity contribution in [3.05, 3.63) is 40.3 Å². The van der Waals surface area contributed by atoms with Crippen LogP contribution in [0.1, 0.15) is 9.67 Å². The molecular weight excluding hydrogens is 243 g/mol. The number of rotatable bonds is 3. The van der Waals surface area contributed by atoms with Crippen LogP contribution in [0.4, 0.5) is 4.39 Å². The maximum atomic E-state index is 13.5. The predicted octanol–water partition coefficient (Wildman–Crippen LogP) is 3.26. The number of thiophene rings is 1. The van der Waals surface area contributed by atoms with Crippen LogP contribution in [0.15, 0.2) is 29.6 Å². The van der Waals surface area contributed by atoms with E-state index < -0.39 is 11.8 Å². The molecule has 0 spiro atoms. The molecule has 1 aromatic carbocycles. The van der Waals surface area contributed by atoms with Crippen LogP contribution in [0.25, 0.3) is 11.1 Å². The van der Waals surface area contributed by atoms with Crippen molar-refractivity contribution in [2.75, 3.05) is 7.11 Å². The molecule has 0 atom stereocenters. The maximum absolute atomic E-state index is 13.5. The Morgan fingerprint density at radius 2 is 2.12 bits per heavy atom. The third kappa shape index (κ3) is 2.29. The highest BCUT2D eigenvalue weighted by atomic mass is 32.1. The molecule has 0 aliphatic rings. The van der Waals surface area contributed by atoms with Gasteiger partial charge in [-0.2, -0.15) is 0 Å². The van der Waals surface area contributed by atoms with E-state index in [1.54, 1.807) is 11.4 Å². The quantitative estimate of drug-likeness (QED) is 0.912. The van der Waals surface area contributed by atoms with Crippen molar-refractivity contribution in [1.29, 1.82) is 0 Å². The summed E-state index contributed by atoms with van der Waals surface area (Å²) in [6.07, 6.45) is 0. The fourth-order valence-electron chi connectivity index (χ4n) is 1.45. The van der Waals surface area contributed by atoms with Gasteiger partial charge in [0.05, 0.1) is 7.11 Å². The number of ether oxygens (including phenoxy) is 1. The van der Waals surface area contributed by atoms with E-state index in [0.717, 1.165) is 11.3 Å². The van der Waals surface area contributed by atoms with Crippen molar-refractivity contribution in [2.45, 2.75) is 0 Å². The summed E-state index contributed by atoms with van der Waals surface area (Å²) in [6.45, 7) is 0. The highest BCUT2D eigenvalue weighted by Gasteiger charge is 2.10. The highest BCUT2D eigenvalue weighted by Crippen LogP contribution is 2.29. The molecule has 1 heterocycles. The van der Waals surface area contributed by atoms with Gasteiger partial charge in [0, 0.05) is 0 Å². The second-order valence-corrected chi connectivity index (χ2v) is 4.27. The van der Waals surface area contributed by atoms with Crippen molar-refractivity contribution >= 4 is 17.3 Å². The van der Waals surface area contributed by atoms with Crippen LogP contribution in [0.5, 0.6) is 5.75 Å². The molecule has 3 nitrogen and oxygen atoms in total. The van der Waals surface area contributed by atoms with E-state index in [1.807, 2.05) is 0 Å². The molecule has 0 aliphatic carbocycles. The molecule has 2 aromatic rings. The van der Waals surface area contributed by atoms with Gasteiger partial charge >= 0.3 is 5.97 Å². The van der Waals surface area contributed by atoms with Crippen LogP contribution < -0.4 is 4.74 Å². The number of hydrogen-bond acceptors (Lipinski definition) is 3. The Morgan fingerprint density at radius 1 is 1.35 bits per heavy atom. The normalized spacial score (nSPS) is 10.2. The Bertz CT molecular complexity index is 563. The van der Waals surface area contributed by atoms with E-state index in [1.165, 1.54) is 25.3 Å². The van der Waals surface area contributed by atoms with Gasteiger partial charge in [-0.1, -0.05) is 6.07 Å². The number of aromatic carboxylic acids is 1. The Kier molecular flexibility index (Phi) is 3.10. The van der Waals surface area contributed by atoms with Crippen molar-refractivity contribution in [3.8, 4) is 16.9 Å². The molecule has 5 heteroatoms. The van der Waals surface area contributed by atoms with Crippen molar-refractivity contribution in [3.63, 3.8) is 0 Å². The van der Waals surface area contributed by atoms with E-state index in [-0.39, 0.29) is 10.6 Å². The fourth-order valence-corrected chi connectivity index (χ4v) is 2.20.